The van der Waals surface area contributed by atoms with Gasteiger partial charge >= 0.3 is 29.8 Å². The number of carbonyl (C=O) groups excluding carboxylic acids is 4. The molecule has 17 heteroatoms. The van der Waals surface area contributed by atoms with Crippen molar-refractivity contribution in [2.45, 2.75) is 150 Å². The Balaban J connectivity index is -0.000000383. The van der Waals surface area contributed by atoms with Crippen molar-refractivity contribution in [2.24, 2.45) is 29.0 Å². The van der Waals surface area contributed by atoms with Gasteiger partial charge in [-0.15, -0.1) is 0 Å². The molecule has 3 atom stereocenters. The number of hydrogen-bond acceptors (Lipinski definition) is 14. The van der Waals surface area contributed by atoms with Crippen LogP contribution in [0.3, 0.4) is 0 Å². The highest BCUT2D eigenvalue weighted by molar-refractivity contribution is 5.82. The number of allylic oxidation sites excluding steroid dienone is 6. The molecule has 0 spiro atoms. The van der Waals surface area contributed by atoms with Gasteiger partial charge in [-0.25, -0.2) is 0 Å². The second-order valence-electron chi connectivity index (χ2n) is 13.9. The van der Waals surface area contributed by atoms with Crippen molar-refractivity contribution in [3.63, 3.8) is 0 Å². The zero-order valence-electron chi connectivity index (χ0n) is 36.6. The molecule has 0 radical (unpaired) electrons. The first-order valence-corrected chi connectivity index (χ1v) is 20.6. The standard InChI is InChI=1S/C16H30N2O5.C13H23NO4.C11H19NO4.C2H6/c1-12(2)7-5-3-4-6-8-15(21)23-11-14(17)16(22)18-13(9-19)10-20;1-10(2)7-5-3-4-6-8-12(15)18-9-11(14)13(16)17;1-2-3-4-5-6-7-10(13)16-8-9(12)11(14)15;1-2/h3,5,12-14,19-20H,4,6-11,17H2,1-2H3,(H,18,22);3,5,10-11H,4,6-9,14H2,1-2H3,(H,16,17);3-4,9H,2,5-8,12H2,1H3,(H,14,15);1-2H3/b2*5-3-;4-3-;. The Kier molecular flexibility index (Phi) is 45.3. The molecule has 0 saturated carbocycles. The maximum Gasteiger partial charge on any atom is 0.324 e. The van der Waals surface area contributed by atoms with E-state index in [1.165, 1.54) is 0 Å². The Hall–Kier alpha value is -4.16. The van der Waals surface area contributed by atoms with E-state index in [0.717, 1.165) is 38.5 Å². The number of aliphatic carboxylic acids is 2. The molecule has 1 amide bonds. The number of carboxylic acid groups (broad SMARTS) is 2. The van der Waals surface area contributed by atoms with Gasteiger partial charge in [-0.3, -0.25) is 28.8 Å². The van der Waals surface area contributed by atoms with Crippen LogP contribution in [0.1, 0.15) is 126 Å². The fraction of sp³-hybridized carbons (Fsp3) is 0.714. The third-order valence-electron chi connectivity index (χ3n) is 7.24. The first-order chi connectivity index (χ1) is 27.9. The van der Waals surface area contributed by atoms with Crippen LogP contribution in [0.4, 0.5) is 0 Å². The summed E-state index contributed by atoms with van der Waals surface area (Å²) in [4.78, 5) is 66.2. The number of carbonyl (C=O) groups is 6. The van der Waals surface area contributed by atoms with Crippen LogP contribution in [0.2, 0.25) is 0 Å². The van der Waals surface area contributed by atoms with E-state index in [1.807, 2.05) is 32.9 Å². The van der Waals surface area contributed by atoms with Crippen molar-refractivity contribution in [2.75, 3.05) is 33.0 Å². The number of nitrogens with two attached hydrogens (primary N) is 3. The van der Waals surface area contributed by atoms with Gasteiger partial charge in [0.05, 0.1) is 19.3 Å². The summed E-state index contributed by atoms with van der Waals surface area (Å²) in [7, 11) is 0. The lowest BCUT2D eigenvalue weighted by atomic mass is 10.1. The summed E-state index contributed by atoms with van der Waals surface area (Å²) in [6.07, 6.45) is 20.8. The van der Waals surface area contributed by atoms with E-state index >= 15 is 0 Å². The predicted molar refractivity (Wildman–Crippen MR) is 228 cm³/mol. The summed E-state index contributed by atoms with van der Waals surface area (Å²) in [5.41, 5.74) is 16.0. The molecule has 0 bridgehead atoms. The van der Waals surface area contributed by atoms with Crippen molar-refractivity contribution in [1.82, 2.24) is 5.32 Å². The van der Waals surface area contributed by atoms with Crippen LogP contribution in [-0.2, 0) is 43.0 Å². The van der Waals surface area contributed by atoms with Crippen molar-refractivity contribution in [3.8, 4) is 0 Å². The van der Waals surface area contributed by atoms with Crippen LogP contribution >= 0.6 is 0 Å². The molecule has 3 unspecified atom stereocenters. The highest BCUT2D eigenvalue weighted by atomic mass is 16.5. The number of hydrogen-bond donors (Lipinski definition) is 8. The lowest BCUT2D eigenvalue weighted by Crippen LogP contribution is -2.50. The molecule has 0 aromatic carbocycles. The summed E-state index contributed by atoms with van der Waals surface area (Å²) < 4.78 is 14.4. The summed E-state index contributed by atoms with van der Waals surface area (Å²) in [5.74, 6) is -2.85. The maximum atomic E-state index is 11.6. The Labute approximate surface area is 352 Å². The molecule has 59 heavy (non-hydrogen) atoms. The number of esters is 3. The Morgan fingerprint density at radius 1 is 0.559 bits per heavy atom. The fourth-order valence-electron chi connectivity index (χ4n) is 3.79. The number of aliphatic hydroxyl groups excluding tert-OH is 2. The number of ether oxygens (including phenoxy) is 3. The zero-order valence-corrected chi connectivity index (χ0v) is 36.6. The lowest BCUT2D eigenvalue weighted by Gasteiger charge is -2.17. The number of amides is 1. The van der Waals surface area contributed by atoms with Crippen molar-refractivity contribution in [3.05, 3.63) is 36.5 Å². The van der Waals surface area contributed by atoms with E-state index in [0.29, 0.717) is 43.9 Å². The summed E-state index contributed by atoms with van der Waals surface area (Å²) in [5, 5.41) is 37.0. The first kappa shape index (κ1) is 61.5. The number of unbranched alkanes of at least 4 members (excludes halogenated alkanes) is 3. The Bertz CT molecular complexity index is 1190. The van der Waals surface area contributed by atoms with Crippen LogP contribution in [0.15, 0.2) is 36.5 Å². The third-order valence-corrected chi connectivity index (χ3v) is 7.24. The van der Waals surface area contributed by atoms with E-state index in [-0.39, 0.29) is 39.5 Å². The molecule has 0 aromatic heterocycles. The van der Waals surface area contributed by atoms with Gasteiger partial charge in [-0.2, -0.15) is 0 Å². The van der Waals surface area contributed by atoms with Gasteiger partial charge in [0.2, 0.25) is 5.91 Å². The molecule has 0 rings (SSSR count). The van der Waals surface area contributed by atoms with Crippen LogP contribution in [0.5, 0.6) is 0 Å². The molecule has 17 nitrogen and oxygen atoms in total. The molecule has 11 N–H and O–H groups in total. The lowest BCUT2D eigenvalue weighted by molar-refractivity contribution is -0.149. The van der Waals surface area contributed by atoms with Crippen LogP contribution in [0, 0.1) is 11.8 Å². The van der Waals surface area contributed by atoms with Crippen molar-refractivity contribution in [1.29, 1.82) is 0 Å². The fourth-order valence-corrected chi connectivity index (χ4v) is 3.79. The molecular weight excluding hydrogens is 768 g/mol. The summed E-state index contributed by atoms with van der Waals surface area (Å²) >= 11 is 0. The molecule has 0 saturated heterocycles. The van der Waals surface area contributed by atoms with E-state index in [2.05, 4.69) is 57.3 Å². The number of rotatable bonds is 29. The molecule has 0 aromatic rings. The minimum Gasteiger partial charge on any atom is -0.480 e. The Morgan fingerprint density at radius 3 is 1.17 bits per heavy atom. The monoisotopic (exact) mass is 847 g/mol. The van der Waals surface area contributed by atoms with Crippen molar-refractivity contribution >= 4 is 35.8 Å². The Morgan fingerprint density at radius 2 is 0.881 bits per heavy atom. The summed E-state index contributed by atoms with van der Waals surface area (Å²) in [6.45, 7) is 13.1. The second-order valence-corrected chi connectivity index (χ2v) is 13.9. The molecule has 0 aliphatic carbocycles. The normalized spacial score (nSPS) is 12.5. The van der Waals surface area contributed by atoms with Gasteiger partial charge in [0.1, 0.15) is 37.9 Å². The van der Waals surface area contributed by atoms with Gasteiger partial charge in [-0.05, 0) is 69.6 Å². The van der Waals surface area contributed by atoms with Gasteiger partial charge in [0.15, 0.2) is 0 Å². The molecule has 0 aliphatic rings. The highest BCUT2D eigenvalue weighted by Crippen LogP contribution is 2.05. The predicted octanol–water partition coefficient (Wildman–Crippen LogP) is 3.92. The second kappa shape index (κ2) is 43.4. The minimum atomic E-state index is -1.17. The van der Waals surface area contributed by atoms with E-state index in [4.69, 9.17) is 51.8 Å². The maximum absolute atomic E-state index is 11.6. The average Bonchev–Trinajstić information content (AvgIpc) is 3.20. The quantitative estimate of drug-likeness (QED) is 0.0229. The van der Waals surface area contributed by atoms with E-state index in [1.54, 1.807) is 0 Å². The van der Waals surface area contributed by atoms with Crippen LogP contribution in [0.25, 0.3) is 0 Å². The van der Waals surface area contributed by atoms with E-state index in [9.17, 15) is 28.8 Å². The third kappa shape index (κ3) is 46.4. The van der Waals surface area contributed by atoms with Gasteiger partial charge in [-0.1, -0.05) is 84.9 Å². The van der Waals surface area contributed by atoms with Gasteiger partial charge < -0.3 is 57.2 Å². The number of aliphatic hydroxyl groups is 2. The van der Waals surface area contributed by atoms with E-state index < -0.39 is 59.9 Å². The molecular formula is C42H78N4O13. The van der Waals surface area contributed by atoms with Crippen molar-refractivity contribution < 1.29 is 63.4 Å². The van der Waals surface area contributed by atoms with Crippen LogP contribution in [-0.4, -0.2) is 113 Å². The SMILES string of the molecule is CC.CC(C)C/C=C\CCCC(=O)OCC(N)C(=O)NC(CO)CO.CC(C)C/C=C\CCCC(=O)OCC(N)C(=O)O.CC/C=C\CCCC(=O)OCC(N)C(=O)O. The molecule has 0 aliphatic heterocycles. The van der Waals surface area contributed by atoms with Crippen LogP contribution < -0.4 is 22.5 Å². The molecule has 344 valence electrons. The largest absolute Gasteiger partial charge is 0.480 e. The number of carboxylic acids is 2. The highest BCUT2D eigenvalue weighted by Gasteiger charge is 2.19. The van der Waals surface area contributed by atoms with Gasteiger partial charge in [0, 0.05) is 19.3 Å². The average molecular weight is 847 g/mol. The number of nitrogens with one attached hydrogen (secondary N) is 1. The summed E-state index contributed by atoms with van der Waals surface area (Å²) in [6, 6.07) is -4.06. The van der Waals surface area contributed by atoms with Gasteiger partial charge in [0.25, 0.3) is 0 Å². The molecule has 0 fully saturated rings. The first-order valence-electron chi connectivity index (χ1n) is 20.6. The smallest absolute Gasteiger partial charge is 0.324 e. The zero-order chi connectivity index (χ0) is 46.0. The topological polar surface area (TPSA) is 301 Å². The molecule has 0 heterocycles. The minimum absolute atomic E-state index is 0.225.